The number of amides is 1. The van der Waals surface area contributed by atoms with E-state index in [-0.39, 0.29) is 23.4 Å². The molecule has 1 fully saturated rings. The van der Waals surface area contributed by atoms with Crippen LogP contribution in [0.25, 0.3) is 0 Å². The molecule has 0 atom stereocenters. The van der Waals surface area contributed by atoms with Crippen molar-refractivity contribution in [3.63, 3.8) is 0 Å². The van der Waals surface area contributed by atoms with Crippen molar-refractivity contribution in [3.05, 3.63) is 17.8 Å². The summed E-state index contributed by atoms with van der Waals surface area (Å²) in [6, 6.07) is 3.16. The molecule has 0 saturated heterocycles. The van der Waals surface area contributed by atoms with Gasteiger partial charge in [0.25, 0.3) is 0 Å². The van der Waals surface area contributed by atoms with Crippen molar-refractivity contribution in [1.82, 2.24) is 4.98 Å². The number of aromatic nitrogens is 1. The number of hydrogen-bond donors (Lipinski definition) is 1. The number of hydrogen-bond acceptors (Lipinski definition) is 3. The van der Waals surface area contributed by atoms with Crippen molar-refractivity contribution >= 4 is 11.6 Å². The maximum absolute atomic E-state index is 12.3. The van der Waals surface area contributed by atoms with Gasteiger partial charge in [-0.1, -0.05) is 6.92 Å². The van der Waals surface area contributed by atoms with Crippen molar-refractivity contribution < 1.29 is 18.3 Å². The lowest BCUT2D eigenvalue weighted by molar-refractivity contribution is -0.123. The van der Waals surface area contributed by atoms with E-state index in [4.69, 9.17) is 0 Å². The lowest BCUT2D eigenvalue weighted by atomic mass is 9.75. The summed E-state index contributed by atoms with van der Waals surface area (Å²) in [5, 5.41) is 2.61. The van der Waals surface area contributed by atoms with Crippen LogP contribution < -0.4 is 10.1 Å². The first kappa shape index (κ1) is 13.7. The number of alkyl halides is 2. The maximum Gasteiger partial charge on any atom is 0.388 e. The zero-order valence-electron chi connectivity index (χ0n) is 10.8. The van der Waals surface area contributed by atoms with E-state index >= 15 is 0 Å². The number of ether oxygens (including phenoxy) is 1. The second kappa shape index (κ2) is 5.50. The topological polar surface area (TPSA) is 51.2 Å². The second-order valence-electron chi connectivity index (χ2n) is 4.95. The first-order valence-electron chi connectivity index (χ1n) is 6.19. The molecule has 1 amide bonds. The Morgan fingerprint density at radius 3 is 2.74 bits per heavy atom. The SMILES string of the molecule is Cc1ccc(NC(=O)C2CC(C)C2)c(OC(F)F)n1. The highest BCUT2D eigenvalue weighted by Crippen LogP contribution is 2.34. The average molecular weight is 270 g/mol. The van der Waals surface area contributed by atoms with Crippen molar-refractivity contribution in [3.8, 4) is 5.88 Å². The molecular formula is C13H16F2N2O2. The maximum atomic E-state index is 12.3. The van der Waals surface area contributed by atoms with Crippen LogP contribution in [0.5, 0.6) is 5.88 Å². The lowest BCUT2D eigenvalue weighted by Crippen LogP contribution is -2.33. The van der Waals surface area contributed by atoms with Crippen LogP contribution in [0.2, 0.25) is 0 Å². The molecule has 1 saturated carbocycles. The van der Waals surface area contributed by atoms with E-state index in [0.717, 1.165) is 12.8 Å². The highest BCUT2D eigenvalue weighted by molar-refractivity contribution is 5.94. The molecule has 1 aromatic rings. The van der Waals surface area contributed by atoms with Crippen LogP contribution in [0.15, 0.2) is 12.1 Å². The zero-order chi connectivity index (χ0) is 14.0. The van der Waals surface area contributed by atoms with E-state index in [1.165, 1.54) is 6.07 Å². The second-order valence-corrected chi connectivity index (χ2v) is 4.95. The minimum absolute atomic E-state index is 0.0456. The van der Waals surface area contributed by atoms with Gasteiger partial charge in [0.05, 0.1) is 0 Å². The minimum Gasteiger partial charge on any atom is -0.415 e. The van der Waals surface area contributed by atoms with E-state index < -0.39 is 6.61 Å². The molecule has 0 spiro atoms. The molecule has 1 aromatic heterocycles. The van der Waals surface area contributed by atoms with E-state index in [1.54, 1.807) is 13.0 Å². The van der Waals surface area contributed by atoms with Gasteiger partial charge in [-0.2, -0.15) is 8.78 Å². The molecule has 1 aliphatic rings. The average Bonchev–Trinajstić information content (AvgIpc) is 2.27. The molecular weight excluding hydrogens is 254 g/mol. The predicted octanol–water partition coefficient (Wildman–Crippen LogP) is 2.98. The molecule has 0 radical (unpaired) electrons. The van der Waals surface area contributed by atoms with Crippen molar-refractivity contribution in [2.75, 3.05) is 5.32 Å². The first-order chi connectivity index (χ1) is 8.95. The Balaban J connectivity index is 2.08. The van der Waals surface area contributed by atoms with Crippen molar-refractivity contribution in [1.29, 1.82) is 0 Å². The molecule has 4 nitrogen and oxygen atoms in total. The summed E-state index contributed by atoms with van der Waals surface area (Å²) in [5.74, 6) is 0.0953. The number of rotatable bonds is 4. The third-order valence-corrected chi connectivity index (χ3v) is 3.20. The van der Waals surface area contributed by atoms with Gasteiger partial charge in [0, 0.05) is 11.6 Å². The van der Waals surface area contributed by atoms with Gasteiger partial charge in [-0.3, -0.25) is 4.79 Å². The summed E-state index contributed by atoms with van der Waals surface area (Å²) >= 11 is 0. The van der Waals surface area contributed by atoms with Crippen LogP contribution in [0.3, 0.4) is 0 Å². The Hall–Kier alpha value is -1.72. The Labute approximate surface area is 110 Å². The van der Waals surface area contributed by atoms with Crippen molar-refractivity contribution in [2.45, 2.75) is 33.3 Å². The molecule has 0 aliphatic heterocycles. The summed E-state index contributed by atoms with van der Waals surface area (Å²) in [6.45, 7) is 0.772. The fourth-order valence-electron chi connectivity index (χ4n) is 2.15. The number of carbonyl (C=O) groups is 1. The molecule has 6 heteroatoms. The zero-order valence-corrected chi connectivity index (χ0v) is 10.8. The molecule has 19 heavy (non-hydrogen) atoms. The fourth-order valence-corrected chi connectivity index (χ4v) is 2.15. The molecule has 104 valence electrons. The van der Waals surface area contributed by atoms with Gasteiger partial charge >= 0.3 is 6.61 Å². The third kappa shape index (κ3) is 3.39. The summed E-state index contributed by atoms with van der Waals surface area (Å²) in [4.78, 5) is 15.7. The Bertz CT molecular complexity index is 474. The fraction of sp³-hybridized carbons (Fsp3) is 0.538. The number of anilines is 1. The van der Waals surface area contributed by atoms with E-state index in [1.807, 2.05) is 0 Å². The standard InChI is InChI=1S/C13H16F2N2O2/c1-7-5-9(6-7)11(18)17-10-4-3-8(2)16-12(10)19-13(14)15/h3-4,7,9,13H,5-6H2,1-2H3,(H,17,18). The molecule has 0 unspecified atom stereocenters. The number of halogens is 2. The summed E-state index contributed by atoms with van der Waals surface area (Å²) in [5.41, 5.74) is 0.737. The Kier molecular flexibility index (Phi) is 3.97. The van der Waals surface area contributed by atoms with Gasteiger partial charge in [-0.15, -0.1) is 0 Å². The summed E-state index contributed by atoms with van der Waals surface area (Å²) in [6.07, 6.45) is 1.66. The van der Waals surface area contributed by atoms with Crippen molar-refractivity contribution in [2.24, 2.45) is 11.8 Å². The molecule has 0 aromatic carbocycles. The number of pyridine rings is 1. The van der Waals surface area contributed by atoms with Gasteiger partial charge in [0.1, 0.15) is 5.69 Å². The van der Waals surface area contributed by atoms with Crippen LogP contribution >= 0.6 is 0 Å². The predicted molar refractivity (Wildman–Crippen MR) is 66.1 cm³/mol. The van der Waals surface area contributed by atoms with Crippen LogP contribution in [-0.4, -0.2) is 17.5 Å². The Morgan fingerprint density at radius 1 is 1.47 bits per heavy atom. The summed E-state index contributed by atoms with van der Waals surface area (Å²) < 4.78 is 28.9. The third-order valence-electron chi connectivity index (χ3n) is 3.20. The molecule has 0 bridgehead atoms. The van der Waals surface area contributed by atoms with Gasteiger partial charge in [-0.25, -0.2) is 4.98 Å². The van der Waals surface area contributed by atoms with Crippen LogP contribution in [0, 0.1) is 18.8 Å². The van der Waals surface area contributed by atoms with Gasteiger partial charge in [-0.05, 0) is 37.8 Å². The monoisotopic (exact) mass is 270 g/mol. The number of carbonyl (C=O) groups excluding carboxylic acids is 1. The van der Waals surface area contributed by atoms with Gasteiger partial charge in [0.2, 0.25) is 11.8 Å². The van der Waals surface area contributed by atoms with Crippen LogP contribution in [0.4, 0.5) is 14.5 Å². The Morgan fingerprint density at radius 2 is 2.16 bits per heavy atom. The van der Waals surface area contributed by atoms with Gasteiger partial charge < -0.3 is 10.1 Å². The normalized spacial score (nSPS) is 21.9. The summed E-state index contributed by atoms with van der Waals surface area (Å²) in [7, 11) is 0. The number of nitrogens with one attached hydrogen (secondary N) is 1. The first-order valence-corrected chi connectivity index (χ1v) is 6.19. The van der Waals surface area contributed by atoms with Gasteiger partial charge in [0.15, 0.2) is 0 Å². The van der Waals surface area contributed by atoms with E-state index in [2.05, 4.69) is 22.0 Å². The number of aryl methyl sites for hydroxylation is 1. The molecule has 1 heterocycles. The lowest BCUT2D eigenvalue weighted by Gasteiger charge is -2.31. The number of nitrogens with zero attached hydrogens (tertiary/aromatic N) is 1. The van der Waals surface area contributed by atoms with Crippen LogP contribution in [0.1, 0.15) is 25.5 Å². The minimum atomic E-state index is -2.96. The smallest absolute Gasteiger partial charge is 0.388 e. The van der Waals surface area contributed by atoms with E-state index in [9.17, 15) is 13.6 Å². The largest absolute Gasteiger partial charge is 0.415 e. The highest BCUT2D eigenvalue weighted by Gasteiger charge is 2.32. The quantitative estimate of drug-likeness (QED) is 0.915. The molecule has 1 aliphatic carbocycles. The molecule has 2 rings (SSSR count). The van der Waals surface area contributed by atoms with E-state index in [0.29, 0.717) is 11.6 Å². The molecule has 1 N–H and O–H groups in total. The highest BCUT2D eigenvalue weighted by atomic mass is 19.3. The van der Waals surface area contributed by atoms with Crippen LogP contribution in [-0.2, 0) is 4.79 Å².